The minimum atomic E-state index is 0.0372. The second kappa shape index (κ2) is 5.13. The normalized spacial score (nSPS) is 20.4. The molecular weight excluding hydrogens is 220 g/mol. The van der Waals surface area contributed by atoms with Gasteiger partial charge in [0.25, 0.3) is 0 Å². The molecule has 1 unspecified atom stereocenters. The summed E-state index contributed by atoms with van der Waals surface area (Å²) in [5.74, 6) is 0.320. The first-order chi connectivity index (χ1) is 7.79. The third-order valence-corrected chi connectivity index (χ3v) is 3.87. The van der Waals surface area contributed by atoms with Crippen LogP contribution in [0.4, 0.5) is 0 Å². The highest BCUT2D eigenvalue weighted by molar-refractivity contribution is 8.00. The lowest BCUT2D eigenvalue weighted by atomic mass is 9.99. The summed E-state index contributed by atoms with van der Waals surface area (Å²) in [6.45, 7) is 0. The van der Waals surface area contributed by atoms with Gasteiger partial charge >= 0.3 is 0 Å². The first kappa shape index (κ1) is 11.2. The fourth-order valence-electron chi connectivity index (χ4n) is 1.76. The Bertz CT molecular complexity index is 439. The highest BCUT2D eigenvalue weighted by atomic mass is 32.2. The van der Waals surface area contributed by atoms with Crippen LogP contribution in [0, 0.1) is 11.3 Å². The van der Waals surface area contributed by atoms with Gasteiger partial charge in [-0.25, -0.2) is 4.98 Å². The van der Waals surface area contributed by atoms with E-state index in [4.69, 9.17) is 5.26 Å². The smallest absolute Gasteiger partial charge is 0.146 e. The molecule has 1 saturated carbocycles. The monoisotopic (exact) mass is 232 g/mol. The Kier molecular flexibility index (Phi) is 3.58. The van der Waals surface area contributed by atoms with Crippen LogP contribution in [-0.2, 0) is 4.79 Å². The Morgan fingerprint density at radius 3 is 3.12 bits per heavy atom. The highest BCUT2D eigenvalue weighted by Crippen LogP contribution is 2.30. The van der Waals surface area contributed by atoms with E-state index >= 15 is 0 Å². The van der Waals surface area contributed by atoms with E-state index in [1.54, 1.807) is 18.3 Å². The van der Waals surface area contributed by atoms with Crippen molar-refractivity contribution in [3.05, 3.63) is 23.9 Å². The molecule has 82 valence electrons. The Morgan fingerprint density at radius 2 is 2.38 bits per heavy atom. The molecule has 0 aromatic carbocycles. The predicted molar refractivity (Wildman–Crippen MR) is 62.1 cm³/mol. The SMILES string of the molecule is N#Cc1ccnc(SC2CCCCC2=O)c1. The number of nitrogens with zero attached hydrogens (tertiary/aromatic N) is 2. The van der Waals surface area contributed by atoms with Gasteiger partial charge in [0.2, 0.25) is 0 Å². The number of Topliss-reactive ketones (excluding diaryl/α,β-unsaturated/α-hetero) is 1. The summed E-state index contributed by atoms with van der Waals surface area (Å²) in [5.41, 5.74) is 0.598. The minimum absolute atomic E-state index is 0.0372. The van der Waals surface area contributed by atoms with Gasteiger partial charge in [-0.2, -0.15) is 5.26 Å². The van der Waals surface area contributed by atoms with Crippen LogP contribution in [0.5, 0.6) is 0 Å². The minimum Gasteiger partial charge on any atom is -0.298 e. The van der Waals surface area contributed by atoms with Crippen molar-refractivity contribution >= 4 is 17.5 Å². The van der Waals surface area contributed by atoms with Crippen molar-refractivity contribution in [2.75, 3.05) is 0 Å². The van der Waals surface area contributed by atoms with Gasteiger partial charge in [0.15, 0.2) is 0 Å². The molecule has 4 heteroatoms. The van der Waals surface area contributed by atoms with Gasteiger partial charge in [0.1, 0.15) is 5.78 Å². The maximum atomic E-state index is 11.6. The molecule has 2 rings (SSSR count). The number of ketones is 1. The lowest BCUT2D eigenvalue weighted by molar-refractivity contribution is -0.119. The zero-order valence-electron chi connectivity index (χ0n) is 8.85. The molecule has 0 saturated heterocycles. The van der Waals surface area contributed by atoms with E-state index in [9.17, 15) is 4.79 Å². The molecule has 1 aliphatic carbocycles. The number of hydrogen-bond acceptors (Lipinski definition) is 4. The van der Waals surface area contributed by atoms with E-state index in [1.807, 2.05) is 0 Å². The van der Waals surface area contributed by atoms with Gasteiger partial charge in [-0.15, -0.1) is 0 Å². The van der Waals surface area contributed by atoms with Crippen LogP contribution in [0.3, 0.4) is 0 Å². The van der Waals surface area contributed by atoms with E-state index in [2.05, 4.69) is 11.1 Å². The first-order valence-electron chi connectivity index (χ1n) is 5.35. The van der Waals surface area contributed by atoms with Crippen LogP contribution >= 0.6 is 11.8 Å². The maximum absolute atomic E-state index is 11.6. The topological polar surface area (TPSA) is 53.8 Å². The van der Waals surface area contributed by atoms with Crippen LogP contribution in [0.1, 0.15) is 31.2 Å². The molecule has 0 spiro atoms. The third-order valence-electron chi connectivity index (χ3n) is 2.63. The average Bonchev–Trinajstić information content (AvgIpc) is 2.32. The summed E-state index contributed by atoms with van der Waals surface area (Å²) in [6, 6.07) is 5.49. The zero-order valence-corrected chi connectivity index (χ0v) is 9.67. The van der Waals surface area contributed by atoms with E-state index in [0.29, 0.717) is 17.8 Å². The van der Waals surface area contributed by atoms with Crippen LogP contribution in [0.25, 0.3) is 0 Å². The Labute approximate surface area is 98.9 Å². The fourth-order valence-corrected chi connectivity index (χ4v) is 2.91. The predicted octanol–water partition coefficient (Wildman–Crippen LogP) is 2.56. The molecule has 3 nitrogen and oxygen atoms in total. The molecule has 0 N–H and O–H groups in total. The van der Waals surface area contributed by atoms with E-state index in [-0.39, 0.29) is 5.25 Å². The molecular formula is C12H12N2OS. The Balaban J connectivity index is 2.08. The molecule has 0 aliphatic heterocycles. The summed E-state index contributed by atoms with van der Waals surface area (Å²) in [4.78, 5) is 15.8. The molecule has 1 atom stereocenters. The number of aromatic nitrogens is 1. The summed E-state index contributed by atoms with van der Waals surface area (Å²) in [6.07, 6.45) is 5.37. The highest BCUT2D eigenvalue weighted by Gasteiger charge is 2.23. The Morgan fingerprint density at radius 1 is 1.50 bits per heavy atom. The van der Waals surface area contributed by atoms with Crippen molar-refractivity contribution in [3.8, 4) is 6.07 Å². The molecule has 1 aliphatic rings. The molecule has 1 aromatic rings. The second-order valence-electron chi connectivity index (χ2n) is 3.81. The Hall–Kier alpha value is -1.34. The van der Waals surface area contributed by atoms with Gasteiger partial charge < -0.3 is 0 Å². The zero-order chi connectivity index (χ0) is 11.4. The van der Waals surface area contributed by atoms with Crippen molar-refractivity contribution < 1.29 is 4.79 Å². The van der Waals surface area contributed by atoms with Gasteiger partial charge in [-0.05, 0) is 25.0 Å². The fraction of sp³-hybridized carbons (Fsp3) is 0.417. The number of rotatable bonds is 2. The first-order valence-corrected chi connectivity index (χ1v) is 6.23. The molecule has 1 heterocycles. The summed E-state index contributed by atoms with van der Waals surface area (Å²) >= 11 is 1.49. The molecule has 1 fully saturated rings. The molecule has 16 heavy (non-hydrogen) atoms. The lowest BCUT2D eigenvalue weighted by Crippen LogP contribution is -2.21. The largest absolute Gasteiger partial charge is 0.298 e. The molecule has 0 radical (unpaired) electrons. The van der Waals surface area contributed by atoms with Gasteiger partial charge in [-0.3, -0.25) is 4.79 Å². The van der Waals surface area contributed by atoms with Crippen molar-refractivity contribution in [1.29, 1.82) is 5.26 Å². The van der Waals surface area contributed by atoms with Crippen molar-refractivity contribution in [2.24, 2.45) is 0 Å². The number of carbonyl (C=O) groups excluding carboxylic acids is 1. The third kappa shape index (κ3) is 2.61. The van der Waals surface area contributed by atoms with Crippen LogP contribution in [-0.4, -0.2) is 16.0 Å². The average molecular weight is 232 g/mol. The number of hydrogen-bond donors (Lipinski definition) is 0. The van der Waals surface area contributed by atoms with Crippen molar-refractivity contribution in [1.82, 2.24) is 4.98 Å². The maximum Gasteiger partial charge on any atom is 0.146 e. The molecule has 1 aromatic heterocycles. The van der Waals surface area contributed by atoms with E-state index < -0.39 is 0 Å². The molecule has 0 amide bonds. The van der Waals surface area contributed by atoms with Crippen molar-refractivity contribution in [3.63, 3.8) is 0 Å². The van der Waals surface area contributed by atoms with E-state index in [0.717, 1.165) is 24.3 Å². The molecule has 0 bridgehead atoms. The van der Waals surface area contributed by atoms with Crippen molar-refractivity contribution in [2.45, 2.75) is 36.0 Å². The number of thioether (sulfide) groups is 1. The summed E-state index contributed by atoms with van der Waals surface area (Å²) < 4.78 is 0. The quantitative estimate of drug-likeness (QED) is 0.786. The van der Waals surface area contributed by atoms with Gasteiger partial charge in [0.05, 0.1) is 21.9 Å². The summed E-state index contributed by atoms with van der Waals surface area (Å²) in [5, 5.41) is 9.58. The lowest BCUT2D eigenvalue weighted by Gasteiger charge is -2.19. The number of pyridine rings is 1. The summed E-state index contributed by atoms with van der Waals surface area (Å²) in [7, 11) is 0. The number of carbonyl (C=O) groups is 1. The second-order valence-corrected chi connectivity index (χ2v) is 5.04. The standard InChI is InChI=1S/C12H12N2OS/c13-8-9-5-6-14-12(7-9)16-11-4-2-1-3-10(11)15/h5-7,11H,1-4H2. The van der Waals surface area contributed by atoms with Crippen LogP contribution in [0.2, 0.25) is 0 Å². The van der Waals surface area contributed by atoms with Crippen LogP contribution in [0.15, 0.2) is 23.4 Å². The van der Waals surface area contributed by atoms with Gasteiger partial charge in [-0.1, -0.05) is 18.2 Å². The number of nitriles is 1. The van der Waals surface area contributed by atoms with Gasteiger partial charge in [0, 0.05) is 12.6 Å². The van der Waals surface area contributed by atoms with E-state index in [1.165, 1.54) is 11.8 Å². The van der Waals surface area contributed by atoms with Crippen LogP contribution < -0.4 is 0 Å².